The van der Waals surface area contributed by atoms with Crippen LogP contribution in [0.4, 0.5) is 0 Å². The molecule has 1 aliphatic heterocycles. The first-order valence-corrected chi connectivity index (χ1v) is 11.2. The Hall–Kier alpha value is -1.03. The zero-order valence-corrected chi connectivity index (χ0v) is 17.1. The minimum absolute atomic E-state index is 0.0136. The summed E-state index contributed by atoms with van der Waals surface area (Å²) in [6, 6.07) is 7.66. The maximum Gasteiger partial charge on any atom is 0.288 e. The summed E-state index contributed by atoms with van der Waals surface area (Å²) in [5.74, 6) is 0.928. The van der Waals surface area contributed by atoms with Crippen LogP contribution in [-0.2, 0) is 16.5 Å². The molecule has 1 aliphatic rings. The molecule has 9 heteroatoms. The van der Waals surface area contributed by atoms with Gasteiger partial charge in [0, 0.05) is 16.1 Å². The van der Waals surface area contributed by atoms with Crippen LogP contribution in [0.25, 0.3) is 11.5 Å². The van der Waals surface area contributed by atoms with E-state index in [-0.39, 0.29) is 17.5 Å². The van der Waals surface area contributed by atoms with Crippen molar-refractivity contribution in [3.8, 4) is 11.5 Å². The standard InChI is InChI=1S/C16H20BrN3O3S2/c1-2-8-19(14-7-9-25(21,22)10-14)11-20-16(24)23-15(18-20)12-3-5-13(17)6-4-12/h3-6,14H,2,7-11H2,1H3/t14-/m0/s1. The van der Waals surface area contributed by atoms with E-state index in [0.29, 0.717) is 23.8 Å². The van der Waals surface area contributed by atoms with Gasteiger partial charge in [0.05, 0.1) is 18.2 Å². The van der Waals surface area contributed by atoms with Crippen molar-refractivity contribution in [1.82, 2.24) is 14.7 Å². The van der Waals surface area contributed by atoms with Crippen molar-refractivity contribution in [2.75, 3.05) is 18.1 Å². The first-order chi connectivity index (χ1) is 11.9. The SMILES string of the molecule is CCCN(Cn1nc(-c2ccc(Br)cc2)oc1=S)[C@H]1CCS(=O)(=O)C1. The lowest BCUT2D eigenvalue weighted by molar-refractivity contribution is 0.153. The van der Waals surface area contributed by atoms with Gasteiger partial charge in [-0.1, -0.05) is 22.9 Å². The van der Waals surface area contributed by atoms with Crippen LogP contribution in [0.3, 0.4) is 0 Å². The van der Waals surface area contributed by atoms with Crippen LogP contribution in [0.15, 0.2) is 33.2 Å². The smallest absolute Gasteiger partial charge is 0.288 e. The highest BCUT2D eigenvalue weighted by Crippen LogP contribution is 2.22. The number of rotatable bonds is 6. The molecule has 1 saturated heterocycles. The second kappa shape index (κ2) is 7.69. The van der Waals surface area contributed by atoms with Crippen molar-refractivity contribution >= 4 is 38.0 Å². The molecule has 0 bridgehead atoms. The largest absolute Gasteiger partial charge is 0.409 e. The zero-order chi connectivity index (χ0) is 18.0. The van der Waals surface area contributed by atoms with E-state index in [9.17, 15) is 8.42 Å². The van der Waals surface area contributed by atoms with Crippen molar-refractivity contribution in [2.45, 2.75) is 32.5 Å². The fourth-order valence-corrected chi connectivity index (χ4v) is 5.20. The van der Waals surface area contributed by atoms with Gasteiger partial charge in [0.25, 0.3) is 4.84 Å². The van der Waals surface area contributed by atoms with Crippen molar-refractivity contribution in [3.63, 3.8) is 0 Å². The van der Waals surface area contributed by atoms with E-state index in [1.165, 1.54) is 0 Å². The van der Waals surface area contributed by atoms with Crippen molar-refractivity contribution in [3.05, 3.63) is 33.6 Å². The number of sulfone groups is 1. The molecule has 6 nitrogen and oxygen atoms in total. The highest BCUT2D eigenvalue weighted by atomic mass is 79.9. The summed E-state index contributed by atoms with van der Waals surface area (Å²) in [5, 5.41) is 4.48. The fourth-order valence-electron chi connectivity index (χ4n) is 3.00. The maximum atomic E-state index is 11.8. The summed E-state index contributed by atoms with van der Waals surface area (Å²) in [4.78, 5) is 2.42. The second-order valence-electron chi connectivity index (χ2n) is 6.19. The predicted octanol–water partition coefficient (Wildman–Crippen LogP) is 3.49. The number of hydrogen-bond donors (Lipinski definition) is 0. The summed E-state index contributed by atoms with van der Waals surface area (Å²) >= 11 is 8.70. The van der Waals surface area contributed by atoms with E-state index < -0.39 is 9.84 Å². The normalized spacial score (nSPS) is 19.6. The molecule has 25 heavy (non-hydrogen) atoms. The molecule has 1 aromatic carbocycles. The van der Waals surface area contributed by atoms with E-state index >= 15 is 0 Å². The Bertz CT molecular complexity index is 890. The van der Waals surface area contributed by atoms with Gasteiger partial charge in [-0.2, -0.15) is 0 Å². The highest BCUT2D eigenvalue weighted by molar-refractivity contribution is 9.10. The van der Waals surface area contributed by atoms with E-state index in [1.54, 1.807) is 4.68 Å². The molecule has 0 amide bonds. The predicted molar refractivity (Wildman–Crippen MR) is 103 cm³/mol. The zero-order valence-electron chi connectivity index (χ0n) is 13.9. The topological polar surface area (TPSA) is 68.3 Å². The molecule has 0 aliphatic carbocycles. The minimum atomic E-state index is -2.93. The third kappa shape index (κ3) is 4.58. The van der Waals surface area contributed by atoms with Gasteiger partial charge < -0.3 is 4.42 Å². The van der Waals surface area contributed by atoms with Crippen LogP contribution < -0.4 is 0 Å². The van der Waals surface area contributed by atoms with E-state index in [0.717, 1.165) is 23.0 Å². The van der Waals surface area contributed by atoms with Crippen molar-refractivity contribution < 1.29 is 12.8 Å². The van der Waals surface area contributed by atoms with Gasteiger partial charge in [-0.25, -0.2) is 13.1 Å². The third-order valence-corrected chi connectivity index (χ3v) is 6.82. The van der Waals surface area contributed by atoms with Crippen LogP contribution in [0.5, 0.6) is 0 Å². The molecular formula is C16H20BrN3O3S2. The Kier molecular flexibility index (Phi) is 5.77. The third-order valence-electron chi connectivity index (χ3n) is 4.25. The van der Waals surface area contributed by atoms with Crippen LogP contribution in [0, 0.1) is 4.84 Å². The van der Waals surface area contributed by atoms with Gasteiger partial charge in [-0.15, -0.1) is 5.10 Å². The Morgan fingerprint density at radius 2 is 2.12 bits per heavy atom. The number of nitrogens with zero attached hydrogens (tertiary/aromatic N) is 3. The molecule has 0 unspecified atom stereocenters. The lowest BCUT2D eigenvalue weighted by atomic mass is 10.2. The highest BCUT2D eigenvalue weighted by Gasteiger charge is 2.32. The Labute approximate surface area is 160 Å². The lowest BCUT2D eigenvalue weighted by Crippen LogP contribution is -2.38. The molecule has 0 saturated carbocycles. The van der Waals surface area contributed by atoms with Crippen molar-refractivity contribution in [1.29, 1.82) is 0 Å². The minimum Gasteiger partial charge on any atom is -0.409 e. The van der Waals surface area contributed by atoms with Gasteiger partial charge in [0.2, 0.25) is 5.89 Å². The average Bonchev–Trinajstić information content (AvgIpc) is 3.10. The quantitative estimate of drug-likeness (QED) is 0.633. The Balaban J connectivity index is 1.81. The van der Waals surface area contributed by atoms with Crippen LogP contribution >= 0.6 is 28.1 Å². The van der Waals surface area contributed by atoms with E-state index in [4.69, 9.17) is 16.6 Å². The van der Waals surface area contributed by atoms with Gasteiger partial charge in [-0.3, -0.25) is 4.90 Å². The molecule has 2 heterocycles. The Morgan fingerprint density at radius 1 is 1.40 bits per heavy atom. The van der Waals surface area contributed by atoms with Gasteiger partial charge in [0.15, 0.2) is 9.84 Å². The van der Waals surface area contributed by atoms with Crippen LogP contribution in [0.1, 0.15) is 19.8 Å². The summed E-state index contributed by atoms with van der Waals surface area (Å²) in [6.45, 7) is 3.31. The molecule has 2 aromatic rings. The first-order valence-electron chi connectivity index (χ1n) is 8.16. The summed E-state index contributed by atoms with van der Waals surface area (Å²) in [7, 11) is -2.93. The molecular weight excluding hydrogens is 426 g/mol. The van der Waals surface area contributed by atoms with Gasteiger partial charge >= 0.3 is 0 Å². The van der Waals surface area contributed by atoms with Gasteiger partial charge in [-0.05, 0) is 55.9 Å². The maximum absolute atomic E-state index is 11.8. The average molecular weight is 446 g/mol. The molecule has 1 atom stereocenters. The molecule has 0 N–H and O–H groups in total. The van der Waals surface area contributed by atoms with E-state index in [2.05, 4.69) is 32.9 Å². The number of benzene rings is 1. The fraction of sp³-hybridized carbons (Fsp3) is 0.500. The monoisotopic (exact) mass is 445 g/mol. The summed E-state index contributed by atoms with van der Waals surface area (Å²) < 4.78 is 31.8. The van der Waals surface area contributed by atoms with Crippen molar-refractivity contribution in [2.24, 2.45) is 0 Å². The number of hydrogen-bond acceptors (Lipinski definition) is 6. The first kappa shape index (κ1) is 18.8. The molecule has 0 radical (unpaired) electrons. The van der Waals surface area contributed by atoms with Gasteiger partial charge in [0.1, 0.15) is 0 Å². The second-order valence-corrected chi connectivity index (χ2v) is 9.68. The van der Waals surface area contributed by atoms with E-state index in [1.807, 2.05) is 24.3 Å². The Morgan fingerprint density at radius 3 is 2.72 bits per heavy atom. The number of halogens is 1. The molecule has 1 aromatic heterocycles. The molecule has 136 valence electrons. The summed E-state index contributed by atoms with van der Waals surface area (Å²) in [6.07, 6.45) is 1.59. The lowest BCUT2D eigenvalue weighted by Gasteiger charge is -2.26. The molecule has 1 fully saturated rings. The summed E-state index contributed by atoms with van der Waals surface area (Å²) in [5.41, 5.74) is 0.846. The molecule has 0 spiro atoms. The molecule has 3 rings (SSSR count). The van der Waals surface area contributed by atoms with Crippen LogP contribution in [-0.4, -0.2) is 47.2 Å². The van der Waals surface area contributed by atoms with Crippen LogP contribution in [0.2, 0.25) is 0 Å². The number of aromatic nitrogens is 2.